The summed E-state index contributed by atoms with van der Waals surface area (Å²) in [6.07, 6.45) is 2.92. The summed E-state index contributed by atoms with van der Waals surface area (Å²) in [5.41, 5.74) is 0.705. The third-order valence-corrected chi connectivity index (χ3v) is 2.59. The monoisotopic (exact) mass is 184 g/mol. The van der Waals surface area contributed by atoms with Crippen molar-refractivity contribution in [2.75, 3.05) is 7.05 Å². The van der Waals surface area contributed by atoms with Crippen molar-refractivity contribution in [3.63, 3.8) is 0 Å². The molecule has 0 aromatic carbocycles. The lowest BCUT2D eigenvalue weighted by Gasteiger charge is -2.47. The fourth-order valence-electron chi connectivity index (χ4n) is 2.02. The average molecular weight is 184 g/mol. The fraction of sp³-hybridized carbons (Fsp3) is 0.800. The Morgan fingerprint density at radius 3 is 2.31 bits per heavy atom. The minimum atomic E-state index is -0.292. The highest BCUT2D eigenvalue weighted by Gasteiger charge is 2.40. The molecule has 0 bridgehead atoms. The van der Waals surface area contributed by atoms with Gasteiger partial charge in [-0.25, -0.2) is 0 Å². The molecule has 0 unspecified atom stereocenters. The van der Waals surface area contributed by atoms with Crippen molar-refractivity contribution in [1.82, 2.24) is 10.4 Å². The molecule has 76 valence electrons. The summed E-state index contributed by atoms with van der Waals surface area (Å²) >= 11 is 0. The van der Waals surface area contributed by atoms with E-state index < -0.39 is 0 Å². The molecule has 1 aliphatic heterocycles. The van der Waals surface area contributed by atoms with Crippen LogP contribution in [0.1, 0.15) is 34.1 Å². The predicted molar refractivity (Wildman–Crippen MR) is 53.5 cm³/mol. The van der Waals surface area contributed by atoms with Gasteiger partial charge in [-0.1, -0.05) is 0 Å². The van der Waals surface area contributed by atoms with E-state index in [0.717, 1.165) is 6.42 Å². The van der Waals surface area contributed by atoms with Gasteiger partial charge in [-0.3, -0.25) is 0 Å². The van der Waals surface area contributed by atoms with E-state index in [1.54, 1.807) is 0 Å². The Bertz CT molecular complexity index is 231. The van der Waals surface area contributed by atoms with Crippen molar-refractivity contribution in [3.8, 4) is 0 Å². The van der Waals surface area contributed by atoms with Gasteiger partial charge in [0, 0.05) is 24.7 Å². The maximum absolute atomic E-state index is 9.94. The van der Waals surface area contributed by atoms with Crippen molar-refractivity contribution in [3.05, 3.63) is 11.8 Å². The van der Waals surface area contributed by atoms with E-state index in [9.17, 15) is 5.21 Å². The molecule has 0 spiro atoms. The van der Waals surface area contributed by atoms with Crippen LogP contribution in [0.4, 0.5) is 0 Å². The van der Waals surface area contributed by atoms with E-state index in [1.807, 2.05) is 34.7 Å². The first kappa shape index (κ1) is 10.5. The first-order valence-electron chi connectivity index (χ1n) is 4.68. The first-order chi connectivity index (χ1) is 5.79. The van der Waals surface area contributed by atoms with Gasteiger partial charge in [0.05, 0.1) is 5.54 Å². The van der Waals surface area contributed by atoms with E-state index in [0.29, 0.717) is 0 Å². The van der Waals surface area contributed by atoms with Gasteiger partial charge in [0.2, 0.25) is 0 Å². The number of nitrogens with zero attached hydrogens (tertiary/aromatic N) is 1. The number of rotatable bonds is 1. The normalized spacial score (nSPS) is 26.8. The van der Waals surface area contributed by atoms with Crippen LogP contribution in [0.2, 0.25) is 0 Å². The number of nitrogens with one attached hydrogen (secondary N) is 1. The van der Waals surface area contributed by atoms with Crippen molar-refractivity contribution in [2.45, 2.75) is 45.2 Å². The molecule has 0 saturated carbocycles. The minimum absolute atomic E-state index is 0.198. The Kier molecular flexibility index (Phi) is 2.43. The van der Waals surface area contributed by atoms with Gasteiger partial charge in [0.25, 0.3) is 0 Å². The maximum atomic E-state index is 9.94. The Morgan fingerprint density at radius 1 is 1.38 bits per heavy atom. The van der Waals surface area contributed by atoms with Gasteiger partial charge in [-0.2, -0.15) is 5.06 Å². The molecule has 0 fully saturated rings. The molecule has 1 aliphatic rings. The van der Waals surface area contributed by atoms with Gasteiger partial charge >= 0.3 is 0 Å². The van der Waals surface area contributed by atoms with Gasteiger partial charge in [0.1, 0.15) is 0 Å². The quantitative estimate of drug-likeness (QED) is 0.651. The summed E-state index contributed by atoms with van der Waals surface area (Å²) in [5.74, 6) is 0. The van der Waals surface area contributed by atoms with Crippen molar-refractivity contribution in [2.24, 2.45) is 0 Å². The Morgan fingerprint density at radius 2 is 1.92 bits per heavy atom. The van der Waals surface area contributed by atoms with E-state index in [4.69, 9.17) is 0 Å². The van der Waals surface area contributed by atoms with Crippen LogP contribution in [-0.4, -0.2) is 28.4 Å². The highest BCUT2D eigenvalue weighted by molar-refractivity contribution is 5.18. The van der Waals surface area contributed by atoms with Crippen LogP contribution in [0, 0.1) is 0 Å². The average Bonchev–Trinajstić information content (AvgIpc) is 1.99. The van der Waals surface area contributed by atoms with Crippen LogP contribution in [0.15, 0.2) is 11.8 Å². The molecule has 13 heavy (non-hydrogen) atoms. The van der Waals surface area contributed by atoms with Crippen LogP contribution in [0.5, 0.6) is 0 Å². The second-order valence-corrected chi connectivity index (χ2v) is 4.87. The molecule has 2 N–H and O–H groups in total. The molecule has 0 aromatic rings. The highest BCUT2D eigenvalue weighted by atomic mass is 16.5. The number of hydrogen-bond donors (Lipinski definition) is 2. The second kappa shape index (κ2) is 3.00. The summed E-state index contributed by atoms with van der Waals surface area (Å²) in [6.45, 7) is 8.09. The molecule has 1 rings (SSSR count). The van der Waals surface area contributed by atoms with Gasteiger partial charge in [-0.15, -0.1) is 0 Å². The molecule has 3 nitrogen and oxygen atoms in total. The number of hydrogen-bond acceptors (Lipinski definition) is 3. The van der Waals surface area contributed by atoms with Crippen molar-refractivity contribution >= 4 is 0 Å². The lowest BCUT2D eigenvalue weighted by molar-refractivity contribution is -0.214. The Balaban J connectivity index is 3.01. The third-order valence-electron chi connectivity index (χ3n) is 2.59. The largest absolute Gasteiger partial charge is 0.392 e. The molecule has 0 radical (unpaired) electrons. The third kappa shape index (κ3) is 1.86. The summed E-state index contributed by atoms with van der Waals surface area (Å²) in [5, 5.41) is 14.5. The maximum Gasteiger partial charge on any atom is 0.0609 e. The zero-order valence-corrected chi connectivity index (χ0v) is 9.18. The topological polar surface area (TPSA) is 35.5 Å². The predicted octanol–water partition coefficient (Wildman–Crippen LogP) is 1.74. The first-order valence-corrected chi connectivity index (χ1v) is 4.68. The van der Waals surface area contributed by atoms with Gasteiger partial charge in [-0.05, 0) is 33.8 Å². The van der Waals surface area contributed by atoms with Gasteiger partial charge in [0.15, 0.2) is 0 Å². The summed E-state index contributed by atoms with van der Waals surface area (Å²) in [6, 6.07) is 0. The van der Waals surface area contributed by atoms with Crippen LogP contribution in [0.3, 0.4) is 0 Å². The van der Waals surface area contributed by atoms with E-state index >= 15 is 0 Å². The van der Waals surface area contributed by atoms with E-state index in [-0.39, 0.29) is 11.1 Å². The molecular formula is C10H20N2O. The highest BCUT2D eigenvalue weighted by Crippen LogP contribution is 2.34. The summed E-state index contributed by atoms with van der Waals surface area (Å²) in [7, 11) is 1.92. The molecule has 0 aliphatic carbocycles. The lowest BCUT2D eigenvalue weighted by atomic mass is 9.86. The van der Waals surface area contributed by atoms with Gasteiger partial charge < -0.3 is 10.5 Å². The number of hydroxylamine groups is 2. The second-order valence-electron chi connectivity index (χ2n) is 4.87. The standard InChI is InChI=1S/C10H20N2O/c1-9(2)6-8(11-5)7-10(3,4)12(9)13/h6,11,13H,7H2,1-5H3. The van der Waals surface area contributed by atoms with Crippen molar-refractivity contribution in [1.29, 1.82) is 0 Å². The molecular weight excluding hydrogens is 164 g/mol. The molecule has 0 amide bonds. The molecule has 0 aromatic heterocycles. The van der Waals surface area contributed by atoms with E-state index in [1.165, 1.54) is 10.8 Å². The van der Waals surface area contributed by atoms with Crippen molar-refractivity contribution < 1.29 is 5.21 Å². The zero-order valence-electron chi connectivity index (χ0n) is 9.18. The Hall–Kier alpha value is -0.540. The summed E-state index contributed by atoms with van der Waals surface area (Å²) < 4.78 is 0. The fourth-order valence-corrected chi connectivity index (χ4v) is 2.02. The lowest BCUT2D eigenvalue weighted by Crippen LogP contribution is -2.56. The van der Waals surface area contributed by atoms with Crippen LogP contribution in [-0.2, 0) is 0 Å². The smallest absolute Gasteiger partial charge is 0.0609 e. The molecule has 0 saturated heterocycles. The van der Waals surface area contributed by atoms with Crippen LogP contribution in [0.25, 0.3) is 0 Å². The minimum Gasteiger partial charge on any atom is -0.392 e. The zero-order chi connectivity index (χ0) is 10.3. The van der Waals surface area contributed by atoms with Crippen LogP contribution >= 0.6 is 0 Å². The molecule has 0 atom stereocenters. The molecule has 1 heterocycles. The van der Waals surface area contributed by atoms with E-state index in [2.05, 4.69) is 11.4 Å². The SMILES string of the molecule is CNC1=CC(C)(C)N(O)C(C)(C)C1. The summed E-state index contributed by atoms with van der Waals surface area (Å²) in [4.78, 5) is 0. The molecule has 3 heteroatoms. The Labute approximate surface area is 80.4 Å². The van der Waals surface area contributed by atoms with Crippen LogP contribution < -0.4 is 5.32 Å².